The van der Waals surface area contributed by atoms with Crippen LogP contribution in [0.5, 0.6) is 0 Å². The van der Waals surface area contributed by atoms with E-state index in [0.29, 0.717) is 0 Å². The summed E-state index contributed by atoms with van der Waals surface area (Å²) in [7, 11) is 0. The van der Waals surface area contributed by atoms with Gasteiger partial charge >= 0.3 is 0 Å². The Morgan fingerprint density at radius 3 is 1.74 bits per heavy atom. The minimum Gasteiger partial charge on any atom is -0.311 e. The number of para-hydroxylation sites is 1. The van der Waals surface area contributed by atoms with Gasteiger partial charge in [0.05, 0.1) is 10.2 Å². The second-order valence-corrected chi connectivity index (χ2v) is 13.7. The molecule has 0 saturated carbocycles. The van der Waals surface area contributed by atoms with Crippen molar-refractivity contribution in [2.45, 2.75) is 0 Å². The number of rotatable bonds is 6. The summed E-state index contributed by atoms with van der Waals surface area (Å²) >= 11 is 3.52. The fourth-order valence-corrected chi connectivity index (χ4v) is 8.06. The number of nitrogens with zero attached hydrogens (tertiary/aromatic N) is 2. The number of hydrogen-bond donors (Lipinski definition) is 0. The highest BCUT2D eigenvalue weighted by Crippen LogP contribution is 2.40. The van der Waals surface area contributed by atoms with E-state index >= 15 is 0 Å². The zero-order valence-corrected chi connectivity index (χ0v) is 27.0. The number of fused-ring (bicyclic) bond motifs is 3. The third-order valence-corrected chi connectivity index (χ3v) is 10.8. The molecule has 2 heterocycles. The van der Waals surface area contributed by atoms with Gasteiger partial charge in [0.2, 0.25) is 0 Å². The second-order valence-electron chi connectivity index (χ2n) is 11.7. The second kappa shape index (κ2) is 11.7. The summed E-state index contributed by atoms with van der Waals surface area (Å²) in [6.45, 7) is 0. The van der Waals surface area contributed by atoms with Gasteiger partial charge in [-0.25, -0.2) is 4.98 Å². The highest BCUT2D eigenvalue weighted by atomic mass is 32.1. The monoisotopic (exact) mass is 636 g/mol. The third-order valence-electron chi connectivity index (χ3n) is 8.76. The smallest absolute Gasteiger partial charge is 0.124 e. The zero-order valence-electron chi connectivity index (χ0n) is 25.4. The quantitative estimate of drug-likeness (QED) is 0.181. The summed E-state index contributed by atoms with van der Waals surface area (Å²) < 4.78 is 1.21. The molecule has 9 rings (SSSR count). The average Bonchev–Trinajstić information content (AvgIpc) is 3.78. The molecular weight excluding hydrogens is 609 g/mol. The lowest BCUT2D eigenvalue weighted by atomic mass is 10.0. The van der Waals surface area contributed by atoms with Crippen molar-refractivity contribution in [3.05, 3.63) is 169 Å². The van der Waals surface area contributed by atoms with Crippen LogP contribution in [-0.2, 0) is 0 Å². The van der Waals surface area contributed by atoms with E-state index in [1.165, 1.54) is 48.2 Å². The van der Waals surface area contributed by atoms with E-state index in [-0.39, 0.29) is 0 Å². The molecule has 0 spiro atoms. The van der Waals surface area contributed by atoms with Gasteiger partial charge in [-0.15, -0.1) is 22.7 Å². The first-order valence-electron chi connectivity index (χ1n) is 15.7. The standard InChI is InChI=1S/C43H28N2S2/c1-2-7-33-26-34(12-11-29(33)6-1)30-13-19-37(20-14-30)45(38-21-15-31(16-22-38)36-27-35-8-5-25-46-42(35)28-36)39-23-17-32(18-24-39)43-44-40-9-3-4-10-41(40)47-43/h1-28H. The van der Waals surface area contributed by atoms with Gasteiger partial charge in [0.25, 0.3) is 0 Å². The van der Waals surface area contributed by atoms with Gasteiger partial charge in [0, 0.05) is 27.5 Å². The van der Waals surface area contributed by atoms with E-state index < -0.39 is 0 Å². The summed E-state index contributed by atoms with van der Waals surface area (Å²) in [4.78, 5) is 8.54. The number of thiazole rings is 1. The van der Waals surface area contributed by atoms with Crippen LogP contribution in [0.3, 0.4) is 0 Å². The van der Waals surface area contributed by atoms with Crippen LogP contribution in [0.2, 0.25) is 0 Å². The van der Waals surface area contributed by atoms with Crippen molar-refractivity contribution in [1.82, 2.24) is 4.98 Å². The van der Waals surface area contributed by atoms with Gasteiger partial charge in [-0.1, -0.05) is 84.9 Å². The van der Waals surface area contributed by atoms with Gasteiger partial charge in [-0.2, -0.15) is 0 Å². The SMILES string of the molecule is c1csc2cc(-c3ccc(N(c4ccc(-c5ccc6ccccc6c5)cc4)c4ccc(-c5nc6ccccc6s5)cc4)cc3)cc-2c1. The molecule has 0 atom stereocenters. The molecule has 0 bridgehead atoms. The van der Waals surface area contributed by atoms with Crippen molar-refractivity contribution >= 4 is 60.7 Å². The van der Waals surface area contributed by atoms with Crippen LogP contribution in [0.15, 0.2) is 169 Å². The summed E-state index contributed by atoms with van der Waals surface area (Å²) in [5, 5.41) is 5.69. The molecule has 1 aromatic heterocycles. The van der Waals surface area contributed by atoms with Crippen molar-refractivity contribution in [1.29, 1.82) is 0 Å². The van der Waals surface area contributed by atoms with E-state index in [1.807, 2.05) is 6.07 Å². The Labute approximate surface area is 281 Å². The largest absolute Gasteiger partial charge is 0.311 e. The topological polar surface area (TPSA) is 16.1 Å². The van der Waals surface area contributed by atoms with E-state index in [9.17, 15) is 0 Å². The van der Waals surface area contributed by atoms with Crippen LogP contribution in [0.1, 0.15) is 0 Å². The van der Waals surface area contributed by atoms with Crippen LogP contribution < -0.4 is 4.90 Å². The van der Waals surface area contributed by atoms with Crippen molar-refractivity contribution in [2.24, 2.45) is 0 Å². The Bertz CT molecular complexity index is 2340. The molecule has 1 aliphatic carbocycles. The van der Waals surface area contributed by atoms with E-state index in [1.54, 1.807) is 22.7 Å². The lowest BCUT2D eigenvalue weighted by molar-refractivity contribution is 1.28. The lowest BCUT2D eigenvalue weighted by Crippen LogP contribution is -2.09. The lowest BCUT2D eigenvalue weighted by Gasteiger charge is -2.26. The first-order chi connectivity index (χ1) is 23.2. The minimum atomic E-state index is 1.04. The Balaban J connectivity index is 1.09. The Hall–Kier alpha value is -5.55. The minimum absolute atomic E-state index is 1.04. The van der Waals surface area contributed by atoms with Gasteiger partial charge in [-0.05, 0) is 123 Å². The molecule has 0 N–H and O–H groups in total. The fourth-order valence-electron chi connectivity index (χ4n) is 6.33. The Morgan fingerprint density at radius 1 is 0.426 bits per heavy atom. The molecule has 0 amide bonds. The molecule has 0 radical (unpaired) electrons. The highest BCUT2D eigenvalue weighted by molar-refractivity contribution is 7.21. The summed E-state index contributed by atoms with van der Waals surface area (Å²) in [5.41, 5.74) is 11.7. The van der Waals surface area contributed by atoms with Gasteiger partial charge in [0.1, 0.15) is 5.01 Å². The Kier molecular flexibility index (Phi) is 6.89. The van der Waals surface area contributed by atoms with Crippen LogP contribution in [0.4, 0.5) is 17.1 Å². The molecule has 222 valence electrons. The molecule has 6 aromatic carbocycles. The third kappa shape index (κ3) is 5.28. The fraction of sp³-hybridized carbons (Fsp3) is 0. The molecule has 7 aromatic rings. The van der Waals surface area contributed by atoms with Gasteiger partial charge in [-0.3, -0.25) is 0 Å². The predicted molar refractivity (Wildman–Crippen MR) is 203 cm³/mol. The summed E-state index contributed by atoms with van der Waals surface area (Å²) in [6, 6.07) is 59.1. The van der Waals surface area contributed by atoms with E-state index in [2.05, 4.69) is 168 Å². The molecule has 0 unspecified atom stereocenters. The van der Waals surface area contributed by atoms with Crippen LogP contribution in [0, 0.1) is 0 Å². The van der Waals surface area contributed by atoms with Crippen molar-refractivity contribution in [2.75, 3.05) is 4.90 Å². The number of hydrogen-bond acceptors (Lipinski definition) is 4. The summed E-state index contributed by atoms with van der Waals surface area (Å²) in [5.74, 6) is 0. The van der Waals surface area contributed by atoms with Crippen LogP contribution in [0.25, 0.3) is 64.3 Å². The first kappa shape index (κ1) is 27.7. The normalized spacial score (nSPS) is 11.4. The molecule has 0 fully saturated rings. The molecule has 2 nitrogen and oxygen atoms in total. The van der Waals surface area contributed by atoms with E-state index in [0.717, 1.165) is 33.1 Å². The van der Waals surface area contributed by atoms with E-state index in [4.69, 9.17) is 4.98 Å². The average molecular weight is 637 g/mol. The number of benzene rings is 6. The Morgan fingerprint density at radius 2 is 1.04 bits per heavy atom. The molecule has 0 saturated heterocycles. The maximum absolute atomic E-state index is 4.89. The first-order valence-corrected chi connectivity index (χ1v) is 17.4. The van der Waals surface area contributed by atoms with Crippen molar-refractivity contribution in [3.8, 4) is 43.3 Å². The highest BCUT2D eigenvalue weighted by Gasteiger charge is 2.15. The maximum atomic E-state index is 4.89. The van der Waals surface area contributed by atoms with Crippen molar-refractivity contribution in [3.63, 3.8) is 0 Å². The molecule has 2 aliphatic rings. The molecule has 47 heavy (non-hydrogen) atoms. The molecule has 4 heteroatoms. The number of aromatic nitrogens is 1. The number of anilines is 3. The van der Waals surface area contributed by atoms with Gasteiger partial charge in [0.15, 0.2) is 0 Å². The van der Waals surface area contributed by atoms with Crippen LogP contribution in [-0.4, -0.2) is 4.98 Å². The van der Waals surface area contributed by atoms with Gasteiger partial charge < -0.3 is 4.90 Å². The zero-order chi connectivity index (χ0) is 31.2. The van der Waals surface area contributed by atoms with Crippen LogP contribution >= 0.6 is 22.7 Å². The predicted octanol–water partition coefficient (Wildman–Crippen LogP) is 13.1. The molecular formula is C43H28N2S2. The summed E-state index contributed by atoms with van der Waals surface area (Å²) in [6.07, 6.45) is 0. The van der Waals surface area contributed by atoms with Crippen molar-refractivity contribution < 1.29 is 0 Å². The maximum Gasteiger partial charge on any atom is 0.124 e. The molecule has 1 aliphatic heterocycles.